The molecular weight excluding hydrogens is 338 g/mol. The monoisotopic (exact) mass is 357 g/mol. The van der Waals surface area contributed by atoms with Crippen LogP contribution >= 0.6 is 11.6 Å². The van der Waals surface area contributed by atoms with Gasteiger partial charge in [0.1, 0.15) is 18.5 Å². The summed E-state index contributed by atoms with van der Waals surface area (Å²) in [5.74, 6) is 0.905. The van der Waals surface area contributed by atoms with Gasteiger partial charge in [-0.05, 0) is 30.7 Å². The Morgan fingerprint density at radius 1 is 1.16 bits per heavy atom. The summed E-state index contributed by atoms with van der Waals surface area (Å²) in [6.45, 7) is 0.960. The lowest BCUT2D eigenvalue weighted by Gasteiger charge is -2.40. The molecule has 130 valence electrons. The van der Waals surface area contributed by atoms with Crippen LogP contribution in [0.25, 0.3) is 0 Å². The molecule has 2 aliphatic rings. The first-order valence-electron chi connectivity index (χ1n) is 8.59. The zero-order valence-electron chi connectivity index (χ0n) is 13.9. The Morgan fingerprint density at radius 2 is 1.92 bits per heavy atom. The predicted octanol–water partition coefficient (Wildman–Crippen LogP) is 3.98. The second kappa shape index (κ2) is 6.70. The van der Waals surface area contributed by atoms with Crippen LogP contribution in [0.5, 0.6) is 5.75 Å². The number of halogens is 1. The van der Waals surface area contributed by atoms with E-state index in [0.717, 1.165) is 24.2 Å². The van der Waals surface area contributed by atoms with E-state index in [0.29, 0.717) is 24.6 Å². The molecule has 2 fully saturated rings. The lowest BCUT2D eigenvalue weighted by Crippen LogP contribution is -2.48. The van der Waals surface area contributed by atoms with E-state index in [9.17, 15) is 4.79 Å². The molecule has 25 heavy (non-hydrogen) atoms. The van der Waals surface area contributed by atoms with Gasteiger partial charge in [0.05, 0.1) is 6.54 Å². The smallest absolute Gasteiger partial charge is 0.225 e. The van der Waals surface area contributed by atoms with Gasteiger partial charge in [-0.3, -0.25) is 4.79 Å². The molecule has 4 nitrogen and oxygen atoms in total. The van der Waals surface area contributed by atoms with Crippen LogP contribution in [0.3, 0.4) is 0 Å². The van der Waals surface area contributed by atoms with Gasteiger partial charge in [-0.1, -0.05) is 41.9 Å². The van der Waals surface area contributed by atoms with E-state index in [2.05, 4.69) is 0 Å². The fourth-order valence-corrected chi connectivity index (χ4v) is 3.84. The first-order chi connectivity index (χ1) is 12.2. The van der Waals surface area contributed by atoms with E-state index in [4.69, 9.17) is 21.1 Å². The van der Waals surface area contributed by atoms with Crippen molar-refractivity contribution in [1.29, 1.82) is 0 Å². The molecule has 2 aliphatic heterocycles. The molecule has 1 amide bonds. The third-order valence-electron chi connectivity index (χ3n) is 4.87. The normalized spacial score (nSPS) is 25.7. The standard InChI is InChI=1S/C20H20ClNO3/c21-16-8-10-17(11-9-16)24-14-18-13-22-19(23)7-4-12-20(22,25-18)15-5-2-1-3-6-15/h1-3,5-6,8-11,18H,4,7,12-14H2/t18-,20-/m1/s1. The molecule has 5 heteroatoms. The van der Waals surface area contributed by atoms with Gasteiger partial charge in [-0.15, -0.1) is 0 Å². The van der Waals surface area contributed by atoms with Gasteiger partial charge in [0, 0.05) is 23.4 Å². The number of benzene rings is 2. The van der Waals surface area contributed by atoms with Crippen molar-refractivity contribution in [3.05, 3.63) is 65.2 Å². The zero-order valence-corrected chi connectivity index (χ0v) is 14.6. The quantitative estimate of drug-likeness (QED) is 0.830. The largest absolute Gasteiger partial charge is 0.491 e. The average molecular weight is 358 g/mol. The minimum absolute atomic E-state index is 0.155. The maximum atomic E-state index is 12.5. The first-order valence-corrected chi connectivity index (χ1v) is 8.97. The molecule has 0 radical (unpaired) electrons. The van der Waals surface area contributed by atoms with Crippen LogP contribution in [0.1, 0.15) is 24.8 Å². The number of nitrogens with zero attached hydrogens (tertiary/aromatic N) is 1. The van der Waals surface area contributed by atoms with E-state index < -0.39 is 5.72 Å². The Balaban J connectivity index is 1.53. The maximum absolute atomic E-state index is 12.5. The SMILES string of the molecule is O=C1CCC[C@]2(c3ccccc3)O[C@@H](COc3ccc(Cl)cc3)CN12. The van der Waals surface area contributed by atoms with E-state index >= 15 is 0 Å². The van der Waals surface area contributed by atoms with Gasteiger partial charge < -0.3 is 14.4 Å². The number of carbonyl (C=O) groups excluding carboxylic acids is 1. The molecule has 2 atom stereocenters. The number of hydrogen-bond acceptors (Lipinski definition) is 3. The summed E-state index contributed by atoms with van der Waals surface area (Å²) in [6.07, 6.45) is 2.09. The molecule has 0 saturated carbocycles. The van der Waals surface area contributed by atoms with Crippen molar-refractivity contribution in [1.82, 2.24) is 4.90 Å². The first kappa shape index (κ1) is 16.4. The third-order valence-corrected chi connectivity index (χ3v) is 5.12. The highest BCUT2D eigenvalue weighted by Gasteiger charge is 2.52. The average Bonchev–Trinajstić information content (AvgIpc) is 3.03. The Labute approximate surface area is 152 Å². The van der Waals surface area contributed by atoms with Crippen LogP contribution in [0, 0.1) is 0 Å². The fourth-order valence-electron chi connectivity index (χ4n) is 3.71. The zero-order chi connectivity index (χ0) is 17.3. The minimum Gasteiger partial charge on any atom is -0.491 e. The number of carbonyl (C=O) groups is 1. The summed E-state index contributed by atoms with van der Waals surface area (Å²) in [5, 5.41) is 0.676. The highest BCUT2D eigenvalue weighted by Crippen LogP contribution is 2.44. The topological polar surface area (TPSA) is 38.8 Å². The number of hydrogen-bond donors (Lipinski definition) is 0. The molecule has 2 heterocycles. The third kappa shape index (κ3) is 3.12. The highest BCUT2D eigenvalue weighted by atomic mass is 35.5. The van der Waals surface area contributed by atoms with Crippen LogP contribution in [-0.4, -0.2) is 30.1 Å². The number of rotatable bonds is 4. The summed E-state index contributed by atoms with van der Waals surface area (Å²) in [7, 11) is 0. The highest BCUT2D eigenvalue weighted by molar-refractivity contribution is 6.30. The number of fused-ring (bicyclic) bond motifs is 1. The Morgan fingerprint density at radius 3 is 2.68 bits per heavy atom. The molecule has 0 spiro atoms. The van der Waals surface area contributed by atoms with Gasteiger partial charge in [0.2, 0.25) is 5.91 Å². The van der Waals surface area contributed by atoms with E-state index in [1.807, 2.05) is 47.4 Å². The van der Waals surface area contributed by atoms with Crippen LogP contribution < -0.4 is 4.74 Å². The molecule has 0 unspecified atom stereocenters. The van der Waals surface area contributed by atoms with Crippen molar-refractivity contribution >= 4 is 17.5 Å². The fraction of sp³-hybridized carbons (Fsp3) is 0.350. The van der Waals surface area contributed by atoms with Gasteiger partial charge in [-0.2, -0.15) is 0 Å². The second-order valence-corrected chi connectivity index (χ2v) is 6.95. The Kier molecular flexibility index (Phi) is 4.40. The van der Waals surface area contributed by atoms with Crippen molar-refractivity contribution < 1.29 is 14.3 Å². The maximum Gasteiger partial charge on any atom is 0.225 e. The van der Waals surface area contributed by atoms with Crippen LogP contribution in [0.4, 0.5) is 0 Å². The van der Waals surface area contributed by atoms with E-state index in [-0.39, 0.29) is 12.0 Å². The van der Waals surface area contributed by atoms with Crippen molar-refractivity contribution in [3.8, 4) is 5.75 Å². The van der Waals surface area contributed by atoms with Crippen LogP contribution in [0.2, 0.25) is 5.02 Å². The molecule has 0 aromatic heterocycles. The number of ether oxygens (including phenoxy) is 2. The van der Waals surface area contributed by atoms with Gasteiger partial charge >= 0.3 is 0 Å². The molecule has 2 saturated heterocycles. The predicted molar refractivity (Wildman–Crippen MR) is 95.5 cm³/mol. The summed E-state index contributed by atoms with van der Waals surface area (Å²) in [6, 6.07) is 17.3. The molecule has 4 rings (SSSR count). The second-order valence-electron chi connectivity index (χ2n) is 6.51. The van der Waals surface area contributed by atoms with Crippen LogP contribution in [-0.2, 0) is 15.3 Å². The van der Waals surface area contributed by atoms with Crippen molar-refractivity contribution in [2.45, 2.75) is 31.1 Å². The molecule has 0 aliphatic carbocycles. The van der Waals surface area contributed by atoms with Gasteiger partial charge in [0.25, 0.3) is 0 Å². The summed E-state index contributed by atoms with van der Waals surface area (Å²) >= 11 is 5.90. The van der Waals surface area contributed by atoms with E-state index in [1.165, 1.54) is 0 Å². The lowest BCUT2D eigenvalue weighted by molar-refractivity contribution is -0.166. The molecule has 0 bridgehead atoms. The Bertz CT molecular complexity index is 749. The van der Waals surface area contributed by atoms with Crippen molar-refractivity contribution in [2.24, 2.45) is 0 Å². The molecule has 2 aromatic rings. The molecule has 0 N–H and O–H groups in total. The van der Waals surface area contributed by atoms with Crippen molar-refractivity contribution in [3.63, 3.8) is 0 Å². The number of piperidine rings is 1. The van der Waals surface area contributed by atoms with Gasteiger partial charge in [-0.25, -0.2) is 0 Å². The molecule has 2 aromatic carbocycles. The lowest BCUT2D eigenvalue weighted by atomic mass is 9.91. The van der Waals surface area contributed by atoms with Crippen molar-refractivity contribution in [2.75, 3.05) is 13.2 Å². The number of amides is 1. The summed E-state index contributed by atoms with van der Waals surface area (Å²) < 4.78 is 12.3. The van der Waals surface area contributed by atoms with Gasteiger partial charge in [0.15, 0.2) is 5.72 Å². The van der Waals surface area contributed by atoms with Crippen LogP contribution in [0.15, 0.2) is 54.6 Å². The van der Waals surface area contributed by atoms with E-state index in [1.54, 1.807) is 12.1 Å². The summed E-state index contributed by atoms with van der Waals surface area (Å²) in [4.78, 5) is 14.4. The minimum atomic E-state index is -0.648. The Hall–Kier alpha value is -2.04. The summed E-state index contributed by atoms with van der Waals surface area (Å²) in [5.41, 5.74) is 0.391. The molecular formula is C20H20ClNO3.